The van der Waals surface area contributed by atoms with Gasteiger partial charge in [-0.1, -0.05) is 18.6 Å². The summed E-state index contributed by atoms with van der Waals surface area (Å²) in [4.78, 5) is 11.0. The van der Waals surface area contributed by atoms with Crippen LogP contribution in [-0.4, -0.2) is 11.1 Å². The maximum Gasteiger partial charge on any atom is 0.307 e. The Morgan fingerprint density at radius 2 is 2.20 bits per heavy atom. The van der Waals surface area contributed by atoms with E-state index in [0.717, 1.165) is 24.8 Å². The fourth-order valence-electron chi connectivity index (χ4n) is 2.44. The molecule has 1 aromatic rings. The molecule has 3 heteroatoms. The molecule has 0 aromatic heterocycles. The van der Waals surface area contributed by atoms with Gasteiger partial charge in [-0.3, -0.25) is 4.79 Å². The summed E-state index contributed by atoms with van der Waals surface area (Å²) in [5.74, 6) is -0.766. The Morgan fingerprint density at radius 3 is 2.87 bits per heavy atom. The molecule has 0 saturated heterocycles. The maximum absolute atomic E-state index is 11.0. The quantitative estimate of drug-likeness (QED) is 0.728. The van der Waals surface area contributed by atoms with Crippen molar-refractivity contribution in [2.24, 2.45) is 5.92 Å². The zero-order chi connectivity index (χ0) is 10.8. The maximum atomic E-state index is 11.0. The number of hydrogen-bond donors (Lipinski definition) is 2. The Kier molecular flexibility index (Phi) is 2.62. The van der Waals surface area contributed by atoms with Crippen LogP contribution in [0.5, 0.6) is 0 Å². The van der Waals surface area contributed by atoms with Crippen molar-refractivity contribution < 1.29 is 9.90 Å². The van der Waals surface area contributed by atoms with Crippen LogP contribution in [0.3, 0.4) is 0 Å². The van der Waals surface area contributed by atoms with E-state index >= 15 is 0 Å². The molecule has 2 rings (SSSR count). The van der Waals surface area contributed by atoms with Gasteiger partial charge in [-0.25, -0.2) is 0 Å². The first kappa shape index (κ1) is 10.0. The predicted octanol–water partition coefficient (Wildman–Crippen LogP) is 2.24. The molecule has 15 heavy (non-hydrogen) atoms. The summed E-state index contributed by atoms with van der Waals surface area (Å²) in [6, 6.07) is 7.59. The highest BCUT2D eigenvalue weighted by molar-refractivity contribution is 5.72. The smallest absolute Gasteiger partial charge is 0.307 e. The standard InChI is InChI=1S/C12H15NO2/c13-9-4-1-3-8(7-9)10-5-2-6-11(10)12(14)15/h1,3-4,7,10-11H,2,5-6,13H2,(H,14,15). The van der Waals surface area contributed by atoms with Crippen molar-refractivity contribution in [3.63, 3.8) is 0 Å². The molecular weight excluding hydrogens is 190 g/mol. The molecule has 0 aliphatic heterocycles. The molecular formula is C12H15NO2. The van der Waals surface area contributed by atoms with Gasteiger partial charge in [-0.2, -0.15) is 0 Å². The molecule has 0 amide bonds. The highest BCUT2D eigenvalue weighted by Gasteiger charge is 2.33. The third kappa shape index (κ3) is 1.96. The molecule has 1 aliphatic carbocycles. The summed E-state index contributed by atoms with van der Waals surface area (Å²) in [5, 5.41) is 9.08. The zero-order valence-corrected chi connectivity index (χ0v) is 8.52. The molecule has 0 bridgehead atoms. The van der Waals surface area contributed by atoms with Crippen LogP contribution in [0, 0.1) is 5.92 Å². The first-order chi connectivity index (χ1) is 7.18. The van der Waals surface area contributed by atoms with Gasteiger partial charge >= 0.3 is 5.97 Å². The van der Waals surface area contributed by atoms with Crippen molar-refractivity contribution in [1.29, 1.82) is 0 Å². The minimum absolute atomic E-state index is 0.144. The van der Waals surface area contributed by atoms with Crippen LogP contribution in [-0.2, 0) is 4.79 Å². The number of nitrogen functional groups attached to an aromatic ring is 1. The van der Waals surface area contributed by atoms with Gasteiger partial charge in [0.25, 0.3) is 0 Å². The first-order valence-electron chi connectivity index (χ1n) is 5.26. The molecule has 0 spiro atoms. The molecule has 80 valence electrons. The van der Waals surface area contributed by atoms with Crippen molar-refractivity contribution in [3.05, 3.63) is 29.8 Å². The second-order valence-corrected chi connectivity index (χ2v) is 4.15. The summed E-state index contributed by atoms with van der Waals surface area (Å²) >= 11 is 0. The van der Waals surface area contributed by atoms with E-state index in [1.807, 2.05) is 24.3 Å². The monoisotopic (exact) mass is 205 g/mol. The van der Waals surface area contributed by atoms with Crippen LogP contribution in [0.2, 0.25) is 0 Å². The van der Waals surface area contributed by atoms with Gasteiger partial charge in [-0.05, 0) is 36.5 Å². The third-order valence-electron chi connectivity index (χ3n) is 3.17. The SMILES string of the molecule is Nc1cccc(C2CCCC2C(=O)O)c1. The van der Waals surface area contributed by atoms with Crippen LogP contribution in [0.25, 0.3) is 0 Å². The number of carboxylic acids is 1. The van der Waals surface area contributed by atoms with Crippen LogP contribution < -0.4 is 5.73 Å². The van der Waals surface area contributed by atoms with Crippen molar-refractivity contribution in [2.45, 2.75) is 25.2 Å². The molecule has 0 radical (unpaired) electrons. The van der Waals surface area contributed by atoms with Gasteiger partial charge in [0.1, 0.15) is 0 Å². The van der Waals surface area contributed by atoms with Crippen molar-refractivity contribution in [1.82, 2.24) is 0 Å². The molecule has 2 unspecified atom stereocenters. The molecule has 0 heterocycles. The lowest BCUT2D eigenvalue weighted by Crippen LogP contribution is -2.16. The van der Waals surface area contributed by atoms with Gasteiger partial charge in [-0.15, -0.1) is 0 Å². The van der Waals surface area contributed by atoms with Crippen LogP contribution in [0.1, 0.15) is 30.7 Å². The minimum atomic E-state index is -0.681. The molecule has 1 aromatic carbocycles. The average Bonchev–Trinajstić information content (AvgIpc) is 2.65. The summed E-state index contributed by atoms with van der Waals surface area (Å²) in [6.07, 6.45) is 2.74. The van der Waals surface area contributed by atoms with Gasteiger partial charge in [0, 0.05) is 5.69 Å². The van der Waals surface area contributed by atoms with E-state index < -0.39 is 5.97 Å². The van der Waals surface area contributed by atoms with E-state index in [2.05, 4.69) is 0 Å². The molecule has 2 atom stereocenters. The topological polar surface area (TPSA) is 63.3 Å². The highest BCUT2D eigenvalue weighted by atomic mass is 16.4. The van der Waals surface area contributed by atoms with E-state index in [1.165, 1.54) is 0 Å². The second-order valence-electron chi connectivity index (χ2n) is 4.15. The number of carboxylic acid groups (broad SMARTS) is 1. The Morgan fingerprint density at radius 1 is 1.40 bits per heavy atom. The van der Waals surface area contributed by atoms with E-state index in [-0.39, 0.29) is 11.8 Å². The lowest BCUT2D eigenvalue weighted by Gasteiger charge is -2.16. The fraction of sp³-hybridized carbons (Fsp3) is 0.417. The van der Waals surface area contributed by atoms with E-state index in [0.29, 0.717) is 5.69 Å². The Hall–Kier alpha value is -1.51. The van der Waals surface area contributed by atoms with E-state index in [1.54, 1.807) is 0 Å². The molecule has 1 aliphatic rings. The minimum Gasteiger partial charge on any atom is -0.481 e. The lowest BCUT2D eigenvalue weighted by molar-refractivity contribution is -0.142. The number of rotatable bonds is 2. The zero-order valence-electron chi connectivity index (χ0n) is 8.52. The second kappa shape index (κ2) is 3.93. The molecule has 1 fully saturated rings. The van der Waals surface area contributed by atoms with Crippen LogP contribution in [0.4, 0.5) is 5.69 Å². The molecule has 1 saturated carbocycles. The van der Waals surface area contributed by atoms with Gasteiger partial charge in [0.2, 0.25) is 0 Å². The number of anilines is 1. The summed E-state index contributed by atoms with van der Waals surface area (Å²) in [5.41, 5.74) is 7.48. The normalized spacial score (nSPS) is 25.3. The van der Waals surface area contributed by atoms with E-state index in [4.69, 9.17) is 10.8 Å². The summed E-state index contributed by atoms with van der Waals surface area (Å²) < 4.78 is 0. The number of hydrogen-bond acceptors (Lipinski definition) is 2. The van der Waals surface area contributed by atoms with Gasteiger partial charge < -0.3 is 10.8 Å². The number of carbonyl (C=O) groups is 1. The van der Waals surface area contributed by atoms with Crippen molar-refractivity contribution >= 4 is 11.7 Å². The first-order valence-corrected chi connectivity index (χ1v) is 5.26. The Labute approximate surface area is 88.9 Å². The average molecular weight is 205 g/mol. The summed E-state index contributed by atoms with van der Waals surface area (Å²) in [6.45, 7) is 0. The molecule has 3 nitrogen and oxygen atoms in total. The number of nitrogens with two attached hydrogens (primary N) is 1. The largest absolute Gasteiger partial charge is 0.481 e. The lowest BCUT2D eigenvalue weighted by atomic mass is 9.89. The van der Waals surface area contributed by atoms with Crippen molar-refractivity contribution in [2.75, 3.05) is 5.73 Å². The van der Waals surface area contributed by atoms with E-state index in [9.17, 15) is 4.79 Å². The third-order valence-corrected chi connectivity index (χ3v) is 3.17. The van der Waals surface area contributed by atoms with Gasteiger partial charge in [0.15, 0.2) is 0 Å². The van der Waals surface area contributed by atoms with Crippen LogP contribution >= 0.6 is 0 Å². The van der Waals surface area contributed by atoms with Gasteiger partial charge in [0.05, 0.1) is 5.92 Å². The Bertz CT molecular complexity index is 376. The fourth-order valence-corrected chi connectivity index (χ4v) is 2.44. The summed E-state index contributed by atoms with van der Waals surface area (Å²) in [7, 11) is 0. The van der Waals surface area contributed by atoms with Crippen LogP contribution in [0.15, 0.2) is 24.3 Å². The number of benzene rings is 1. The molecule has 3 N–H and O–H groups in total. The number of aliphatic carboxylic acids is 1. The highest BCUT2D eigenvalue weighted by Crippen LogP contribution is 2.40. The van der Waals surface area contributed by atoms with Crippen molar-refractivity contribution in [3.8, 4) is 0 Å². The predicted molar refractivity (Wildman–Crippen MR) is 58.6 cm³/mol. The Balaban J connectivity index is 2.26.